The van der Waals surface area contributed by atoms with Gasteiger partial charge in [0, 0.05) is 0 Å². The predicted molar refractivity (Wildman–Crippen MR) is 60.8 cm³/mol. The summed E-state index contributed by atoms with van der Waals surface area (Å²) in [6.45, 7) is 5.41. The summed E-state index contributed by atoms with van der Waals surface area (Å²) in [4.78, 5) is 0. The molecule has 0 saturated heterocycles. The van der Waals surface area contributed by atoms with Gasteiger partial charge in [-0.2, -0.15) is 0 Å². The highest BCUT2D eigenvalue weighted by Crippen LogP contribution is 2.15. The molecule has 0 aliphatic rings. The quantitative estimate of drug-likeness (QED) is 0.544. The average molecular weight is 185 g/mol. The second-order valence-corrected chi connectivity index (χ2v) is 4.09. The van der Waals surface area contributed by atoms with E-state index in [2.05, 4.69) is 13.8 Å². The highest BCUT2D eigenvalue weighted by molar-refractivity contribution is 4.60. The summed E-state index contributed by atoms with van der Waals surface area (Å²) >= 11 is 0. The minimum absolute atomic E-state index is 0.803. The fourth-order valence-corrected chi connectivity index (χ4v) is 1.73. The third-order valence-electron chi connectivity index (χ3n) is 2.77. The van der Waals surface area contributed by atoms with Crippen LogP contribution in [0.25, 0.3) is 0 Å². The number of hydrogen-bond donors (Lipinski definition) is 1. The molecule has 0 aliphatic carbocycles. The average Bonchev–Trinajstić information content (AvgIpc) is 2.17. The second-order valence-electron chi connectivity index (χ2n) is 4.09. The smallest absolute Gasteiger partial charge is 0.00489 e. The Labute approximate surface area is 84.1 Å². The number of unbranched alkanes of at least 4 members (excludes halogenated alkanes) is 4. The van der Waals surface area contributed by atoms with Gasteiger partial charge in [-0.05, 0) is 25.3 Å². The molecule has 0 heterocycles. The SMILES string of the molecule is CCCCCC[C@@H](CN)CCCC. The molecular formula is C12H27N. The van der Waals surface area contributed by atoms with Gasteiger partial charge in [0.2, 0.25) is 0 Å². The molecule has 80 valence electrons. The third-order valence-corrected chi connectivity index (χ3v) is 2.77. The summed E-state index contributed by atoms with van der Waals surface area (Å²) < 4.78 is 0. The Morgan fingerprint density at radius 2 is 1.46 bits per heavy atom. The number of rotatable bonds is 9. The molecule has 1 atom stereocenters. The highest BCUT2D eigenvalue weighted by Gasteiger charge is 2.04. The van der Waals surface area contributed by atoms with Crippen molar-refractivity contribution in [2.45, 2.75) is 65.2 Å². The molecule has 0 fully saturated rings. The lowest BCUT2D eigenvalue weighted by atomic mass is 9.95. The molecule has 0 amide bonds. The minimum atomic E-state index is 0.803. The summed E-state index contributed by atoms with van der Waals surface area (Å²) in [5, 5.41) is 0. The molecule has 1 nitrogen and oxygen atoms in total. The molecule has 0 aromatic rings. The van der Waals surface area contributed by atoms with Crippen LogP contribution in [0.1, 0.15) is 65.2 Å². The van der Waals surface area contributed by atoms with Crippen molar-refractivity contribution in [3.8, 4) is 0 Å². The highest BCUT2D eigenvalue weighted by atomic mass is 14.5. The van der Waals surface area contributed by atoms with E-state index in [9.17, 15) is 0 Å². The van der Waals surface area contributed by atoms with Gasteiger partial charge in [0.05, 0.1) is 0 Å². The van der Waals surface area contributed by atoms with Crippen LogP contribution < -0.4 is 5.73 Å². The number of nitrogens with two attached hydrogens (primary N) is 1. The van der Waals surface area contributed by atoms with Gasteiger partial charge in [-0.1, -0.05) is 52.4 Å². The van der Waals surface area contributed by atoms with E-state index in [4.69, 9.17) is 5.73 Å². The first-order valence-electron chi connectivity index (χ1n) is 6.05. The molecule has 0 aliphatic heterocycles. The van der Waals surface area contributed by atoms with E-state index in [1.165, 1.54) is 51.4 Å². The van der Waals surface area contributed by atoms with Gasteiger partial charge >= 0.3 is 0 Å². The predicted octanol–water partition coefficient (Wildman–Crippen LogP) is 3.72. The Bertz CT molecular complexity index is 91.1. The van der Waals surface area contributed by atoms with Crippen LogP contribution in [-0.2, 0) is 0 Å². The summed E-state index contributed by atoms with van der Waals surface area (Å²) in [5.41, 5.74) is 5.73. The first kappa shape index (κ1) is 13.0. The van der Waals surface area contributed by atoms with Gasteiger partial charge in [0.15, 0.2) is 0 Å². The first-order valence-corrected chi connectivity index (χ1v) is 6.05. The van der Waals surface area contributed by atoms with Crippen molar-refractivity contribution in [2.75, 3.05) is 6.54 Å². The Hall–Kier alpha value is -0.0400. The molecule has 0 aromatic heterocycles. The van der Waals surface area contributed by atoms with Crippen LogP contribution in [0, 0.1) is 5.92 Å². The van der Waals surface area contributed by atoms with Gasteiger partial charge in [0.25, 0.3) is 0 Å². The molecule has 0 aromatic carbocycles. The lowest BCUT2D eigenvalue weighted by Crippen LogP contribution is -2.14. The normalized spacial score (nSPS) is 13.2. The van der Waals surface area contributed by atoms with Gasteiger partial charge in [-0.25, -0.2) is 0 Å². The van der Waals surface area contributed by atoms with E-state index in [1.807, 2.05) is 0 Å². The van der Waals surface area contributed by atoms with Crippen molar-refractivity contribution in [1.29, 1.82) is 0 Å². The van der Waals surface area contributed by atoms with Crippen molar-refractivity contribution in [3.63, 3.8) is 0 Å². The van der Waals surface area contributed by atoms with Crippen LogP contribution in [0.15, 0.2) is 0 Å². The Morgan fingerprint density at radius 1 is 0.846 bits per heavy atom. The zero-order chi connectivity index (χ0) is 9.94. The summed E-state index contributed by atoms with van der Waals surface area (Å²) in [6.07, 6.45) is 10.9. The second kappa shape index (κ2) is 10.0. The zero-order valence-corrected chi connectivity index (χ0v) is 9.52. The first-order chi connectivity index (χ1) is 6.35. The summed E-state index contributed by atoms with van der Waals surface area (Å²) in [5.74, 6) is 0.803. The van der Waals surface area contributed by atoms with E-state index in [-0.39, 0.29) is 0 Å². The molecule has 13 heavy (non-hydrogen) atoms. The van der Waals surface area contributed by atoms with Crippen molar-refractivity contribution in [2.24, 2.45) is 11.7 Å². The van der Waals surface area contributed by atoms with Crippen molar-refractivity contribution >= 4 is 0 Å². The van der Waals surface area contributed by atoms with E-state index < -0.39 is 0 Å². The van der Waals surface area contributed by atoms with E-state index in [0.717, 1.165) is 12.5 Å². The summed E-state index contributed by atoms with van der Waals surface area (Å²) in [6, 6.07) is 0. The van der Waals surface area contributed by atoms with Crippen molar-refractivity contribution in [3.05, 3.63) is 0 Å². The lowest BCUT2D eigenvalue weighted by Gasteiger charge is -2.13. The Morgan fingerprint density at radius 3 is 2.00 bits per heavy atom. The molecule has 1 heteroatoms. The largest absolute Gasteiger partial charge is 0.330 e. The van der Waals surface area contributed by atoms with Crippen LogP contribution in [0.4, 0.5) is 0 Å². The van der Waals surface area contributed by atoms with Crippen LogP contribution in [-0.4, -0.2) is 6.54 Å². The van der Waals surface area contributed by atoms with Gasteiger partial charge in [-0.3, -0.25) is 0 Å². The third kappa shape index (κ3) is 8.29. The summed E-state index contributed by atoms with van der Waals surface area (Å²) in [7, 11) is 0. The number of hydrogen-bond acceptors (Lipinski definition) is 1. The fraction of sp³-hybridized carbons (Fsp3) is 1.00. The maximum Gasteiger partial charge on any atom is -0.00489 e. The minimum Gasteiger partial charge on any atom is -0.330 e. The van der Waals surface area contributed by atoms with Crippen LogP contribution in [0.3, 0.4) is 0 Å². The van der Waals surface area contributed by atoms with Crippen molar-refractivity contribution < 1.29 is 0 Å². The van der Waals surface area contributed by atoms with E-state index in [0.29, 0.717) is 0 Å². The van der Waals surface area contributed by atoms with Gasteiger partial charge in [0.1, 0.15) is 0 Å². The molecule has 0 bridgehead atoms. The topological polar surface area (TPSA) is 26.0 Å². The monoisotopic (exact) mass is 185 g/mol. The lowest BCUT2D eigenvalue weighted by molar-refractivity contribution is 0.421. The van der Waals surface area contributed by atoms with E-state index >= 15 is 0 Å². The van der Waals surface area contributed by atoms with Crippen LogP contribution in [0.5, 0.6) is 0 Å². The van der Waals surface area contributed by atoms with Crippen molar-refractivity contribution in [1.82, 2.24) is 0 Å². The molecular weight excluding hydrogens is 158 g/mol. The standard InChI is InChI=1S/C12H27N/c1-3-5-7-8-10-12(11-13)9-6-4-2/h12H,3-11,13H2,1-2H3/t12-/m0/s1. The molecule has 0 radical (unpaired) electrons. The maximum atomic E-state index is 5.73. The molecule has 0 rings (SSSR count). The van der Waals surface area contributed by atoms with E-state index in [1.54, 1.807) is 0 Å². The van der Waals surface area contributed by atoms with Gasteiger partial charge in [-0.15, -0.1) is 0 Å². The van der Waals surface area contributed by atoms with Gasteiger partial charge < -0.3 is 5.73 Å². The van der Waals surface area contributed by atoms with Crippen LogP contribution in [0.2, 0.25) is 0 Å². The molecule has 0 unspecified atom stereocenters. The Balaban J connectivity index is 3.25. The molecule has 0 saturated carbocycles. The Kier molecular flexibility index (Phi) is 10.0. The molecule has 0 spiro atoms. The fourth-order valence-electron chi connectivity index (χ4n) is 1.73. The van der Waals surface area contributed by atoms with Crippen LogP contribution >= 0.6 is 0 Å². The maximum absolute atomic E-state index is 5.73. The zero-order valence-electron chi connectivity index (χ0n) is 9.52. The molecule has 2 N–H and O–H groups in total.